The number of hydrogen-bond acceptors (Lipinski definition) is 4. The van der Waals surface area contributed by atoms with E-state index in [4.69, 9.17) is 5.73 Å². The van der Waals surface area contributed by atoms with Gasteiger partial charge in [-0.3, -0.25) is 15.0 Å². The van der Waals surface area contributed by atoms with Gasteiger partial charge in [0.05, 0.1) is 11.4 Å². The molecular formula is C10H10N4. The molecule has 0 radical (unpaired) electrons. The fourth-order valence-electron chi connectivity index (χ4n) is 1.26. The number of aromatic nitrogens is 3. The van der Waals surface area contributed by atoms with E-state index in [-0.39, 0.29) is 0 Å². The molecule has 14 heavy (non-hydrogen) atoms. The number of hydrogen-bond donors (Lipinski definition) is 1. The summed E-state index contributed by atoms with van der Waals surface area (Å²) in [5.41, 5.74) is 8.11. The Morgan fingerprint density at radius 3 is 2.71 bits per heavy atom. The van der Waals surface area contributed by atoms with Gasteiger partial charge in [-0.05, 0) is 12.1 Å². The van der Waals surface area contributed by atoms with E-state index in [1.165, 1.54) is 0 Å². The molecule has 4 heteroatoms. The minimum absolute atomic E-state index is 0.387. The molecule has 0 aliphatic heterocycles. The lowest BCUT2D eigenvalue weighted by Crippen LogP contribution is -2.03. The lowest BCUT2D eigenvalue weighted by Gasteiger charge is -2.03. The van der Waals surface area contributed by atoms with Crippen LogP contribution in [0.1, 0.15) is 5.69 Å². The summed E-state index contributed by atoms with van der Waals surface area (Å²) in [7, 11) is 0. The zero-order valence-electron chi connectivity index (χ0n) is 7.59. The fourth-order valence-corrected chi connectivity index (χ4v) is 1.26. The van der Waals surface area contributed by atoms with Gasteiger partial charge in [-0.25, -0.2) is 0 Å². The van der Waals surface area contributed by atoms with E-state index in [2.05, 4.69) is 15.0 Å². The van der Waals surface area contributed by atoms with Crippen LogP contribution in [0.15, 0.2) is 36.9 Å². The molecule has 0 aromatic carbocycles. The lowest BCUT2D eigenvalue weighted by molar-refractivity contribution is 0.968. The Labute approximate surface area is 81.9 Å². The Kier molecular flexibility index (Phi) is 2.46. The summed E-state index contributed by atoms with van der Waals surface area (Å²) < 4.78 is 0. The van der Waals surface area contributed by atoms with E-state index in [1.807, 2.05) is 12.1 Å². The van der Waals surface area contributed by atoms with Gasteiger partial charge in [0.2, 0.25) is 0 Å². The van der Waals surface area contributed by atoms with Crippen LogP contribution in [-0.4, -0.2) is 15.0 Å². The van der Waals surface area contributed by atoms with Gasteiger partial charge in [-0.2, -0.15) is 0 Å². The molecule has 0 atom stereocenters. The van der Waals surface area contributed by atoms with Gasteiger partial charge in [0, 0.05) is 36.9 Å². The minimum Gasteiger partial charge on any atom is -0.325 e. The quantitative estimate of drug-likeness (QED) is 0.759. The van der Waals surface area contributed by atoms with Crippen molar-refractivity contribution in [3.05, 3.63) is 42.6 Å². The van der Waals surface area contributed by atoms with Crippen molar-refractivity contribution in [1.29, 1.82) is 0 Å². The van der Waals surface area contributed by atoms with Gasteiger partial charge in [0.15, 0.2) is 0 Å². The van der Waals surface area contributed by atoms with Crippen LogP contribution >= 0.6 is 0 Å². The molecule has 2 rings (SSSR count). The summed E-state index contributed by atoms with van der Waals surface area (Å²) in [6.45, 7) is 0.387. The maximum atomic E-state index is 5.57. The van der Waals surface area contributed by atoms with Crippen LogP contribution in [0.4, 0.5) is 0 Å². The second-order valence-corrected chi connectivity index (χ2v) is 2.80. The van der Waals surface area contributed by atoms with Crippen molar-refractivity contribution in [2.24, 2.45) is 5.73 Å². The highest BCUT2D eigenvalue weighted by Crippen LogP contribution is 2.17. The summed E-state index contributed by atoms with van der Waals surface area (Å²) in [5, 5.41) is 0. The van der Waals surface area contributed by atoms with Crippen LogP contribution < -0.4 is 5.73 Å². The molecule has 0 bridgehead atoms. The van der Waals surface area contributed by atoms with Crippen molar-refractivity contribution in [2.45, 2.75) is 6.54 Å². The minimum atomic E-state index is 0.387. The zero-order valence-corrected chi connectivity index (χ0v) is 7.59. The summed E-state index contributed by atoms with van der Waals surface area (Å²) >= 11 is 0. The Balaban J connectivity index is 2.51. The average Bonchev–Trinajstić information content (AvgIpc) is 2.30. The molecule has 2 heterocycles. The van der Waals surface area contributed by atoms with Gasteiger partial charge in [-0.1, -0.05) is 0 Å². The molecule has 0 saturated carbocycles. The standard InChI is InChI=1S/C10H10N4/c11-6-9-10(14-5-4-13-9)8-2-1-3-12-7-8/h1-5,7H,6,11H2. The van der Waals surface area contributed by atoms with E-state index in [0.717, 1.165) is 17.0 Å². The van der Waals surface area contributed by atoms with Crippen molar-refractivity contribution >= 4 is 0 Å². The second kappa shape index (κ2) is 3.93. The zero-order chi connectivity index (χ0) is 9.80. The van der Waals surface area contributed by atoms with Crippen molar-refractivity contribution < 1.29 is 0 Å². The maximum Gasteiger partial charge on any atom is 0.0946 e. The predicted molar refractivity (Wildman–Crippen MR) is 53.2 cm³/mol. The lowest BCUT2D eigenvalue weighted by atomic mass is 10.1. The molecule has 0 unspecified atom stereocenters. The average molecular weight is 186 g/mol. The first-order valence-electron chi connectivity index (χ1n) is 4.32. The van der Waals surface area contributed by atoms with Gasteiger partial charge >= 0.3 is 0 Å². The highest BCUT2D eigenvalue weighted by molar-refractivity contribution is 5.59. The monoisotopic (exact) mass is 186 g/mol. The van der Waals surface area contributed by atoms with Crippen LogP contribution in [0.5, 0.6) is 0 Å². The van der Waals surface area contributed by atoms with E-state index in [0.29, 0.717) is 6.54 Å². The van der Waals surface area contributed by atoms with Gasteiger partial charge in [0.1, 0.15) is 0 Å². The van der Waals surface area contributed by atoms with Crippen LogP contribution in [0.2, 0.25) is 0 Å². The molecule has 70 valence electrons. The SMILES string of the molecule is NCc1nccnc1-c1cccnc1. The number of nitrogens with zero attached hydrogens (tertiary/aromatic N) is 3. The topological polar surface area (TPSA) is 64.7 Å². The van der Waals surface area contributed by atoms with Crippen LogP contribution in [0, 0.1) is 0 Å². The smallest absolute Gasteiger partial charge is 0.0946 e. The first-order chi connectivity index (χ1) is 6.92. The number of rotatable bonds is 2. The van der Waals surface area contributed by atoms with Gasteiger partial charge in [0.25, 0.3) is 0 Å². The third-order valence-electron chi connectivity index (χ3n) is 1.90. The molecule has 0 amide bonds. The summed E-state index contributed by atoms with van der Waals surface area (Å²) in [5.74, 6) is 0. The van der Waals surface area contributed by atoms with Crippen molar-refractivity contribution in [1.82, 2.24) is 15.0 Å². The number of nitrogens with two attached hydrogens (primary N) is 1. The highest BCUT2D eigenvalue weighted by Gasteiger charge is 2.04. The predicted octanol–water partition coefficient (Wildman–Crippen LogP) is 0.997. The number of pyridine rings is 1. The highest BCUT2D eigenvalue weighted by atomic mass is 14.8. The molecule has 2 N–H and O–H groups in total. The summed E-state index contributed by atoms with van der Waals surface area (Å²) in [6, 6.07) is 3.81. The largest absolute Gasteiger partial charge is 0.325 e. The van der Waals surface area contributed by atoms with Crippen molar-refractivity contribution in [2.75, 3.05) is 0 Å². The van der Waals surface area contributed by atoms with E-state index < -0.39 is 0 Å². The summed E-state index contributed by atoms with van der Waals surface area (Å²) in [6.07, 6.45) is 6.77. The van der Waals surface area contributed by atoms with E-state index in [9.17, 15) is 0 Å². The van der Waals surface area contributed by atoms with E-state index >= 15 is 0 Å². The molecule has 0 aliphatic carbocycles. The Bertz CT molecular complexity index is 413. The Hall–Kier alpha value is -1.81. The molecular weight excluding hydrogens is 176 g/mol. The van der Waals surface area contributed by atoms with Gasteiger partial charge in [-0.15, -0.1) is 0 Å². The normalized spacial score (nSPS) is 10.1. The molecule has 0 fully saturated rings. The summed E-state index contributed by atoms with van der Waals surface area (Å²) in [4.78, 5) is 12.4. The van der Waals surface area contributed by atoms with Crippen LogP contribution in [0.25, 0.3) is 11.3 Å². The molecule has 0 aliphatic rings. The Morgan fingerprint density at radius 2 is 2.00 bits per heavy atom. The van der Waals surface area contributed by atoms with Crippen molar-refractivity contribution in [3.8, 4) is 11.3 Å². The third-order valence-corrected chi connectivity index (χ3v) is 1.90. The molecule has 0 spiro atoms. The molecule has 0 saturated heterocycles. The van der Waals surface area contributed by atoms with E-state index in [1.54, 1.807) is 24.8 Å². The molecule has 4 nitrogen and oxygen atoms in total. The second-order valence-electron chi connectivity index (χ2n) is 2.80. The third kappa shape index (κ3) is 1.60. The first kappa shape index (κ1) is 8.77. The van der Waals surface area contributed by atoms with Crippen molar-refractivity contribution in [3.63, 3.8) is 0 Å². The van der Waals surface area contributed by atoms with Crippen LogP contribution in [0.3, 0.4) is 0 Å². The molecule has 2 aromatic rings. The fraction of sp³-hybridized carbons (Fsp3) is 0.100. The Morgan fingerprint density at radius 1 is 1.14 bits per heavy atom. The van der Waals surface area contributed by atoms with Crippen LogP contribution in [-0.2, 0) is 6.54 Å². The van der Waals surface area contributed by atoms with Gasteiger partial charge < -0.3 is 5.73 Å². The maximum absolute atomic E-state index is 5.57. The first-order valence-corrected chi connectivity index (χ1v) is 4.32. The molecule has 2 aromatic heterocycles.